The van der Waals surface area contributed by atoms with E-state index in [-0.39, 0.29) is 5.82 Å². The maximum atomic E-state index is 14.3. The normalized spacial score (nSPS) is 11.9. The zero-order valence-corrected chi connectivity index (χ0v) is 16.9. The van der Waals surface area contributed by atoms with Crippen LogP contribution in [0.2, 0.25) is 0 Å². The highest BCUT2D eigenvalue weighted by Crippen LogP contribution is 2.23. The van der Waals surface area contributed by atoms with E-state index >= 15 is 0 Å². The third-order valence-corrected chi connectivity index (χ3v) is 4.89. The maximum absolute atomic E-state index is 14.3. The molecule has 0 aliphatic carbocycles. The lowest BCUT2D eigenvalue weighted by Gasteiger charge is -2.05. The monoisotopic (exact) mass is 413 g/mol. The molecular formula is C21H20FN3O3S. The molecule has 0 atom stereocenters. The molecule has 1 heterocycles. The van der Waals surface area contributed by atoms with Gasteiger partial charge in [-0.25, -0.2) is 13.9 Å². The second-order valence-electron chi connectivity index (χ2n) is 5.93. The smallest absolute Gasteiger partial charge is 0.337 e. The maximum Gasteiger partial charge on any atom is 0.337 e. The Morgan fingerprint density at radius 2 is 1.93 bits per heavy atom. The van der Waals surface area contributed by atoms with Crippen molar-refractivity contribution in [2.45, 2.75) is 0 Å². The van der Waals surface area contributed by atoms with Gasteiger partial charge in [0.15, 0.2) is 0 Å². The SMILES string of the molecule is COCCN=c1scc(-c2ccccc2F)n1/N=C\c1ccc(C(=O)OC)cc1. The number of carbonyl (C=O) groups excluding carboxylic acids is 1. The van der Waals surface area contributed by atoms with Crippen LogP contribution in [0.15, 0.2) is 64.0 Å². The third-order valence-electron chi connectivity index (χ3n) is 4.03. The second kappa shape index (κ2) is 9.90. The zero-order valence-electron chi connectivity index (χ0n) is 16.0. The number of rotatable bonds is 7. The quantitative estimate of drug-likeness (QED) is 0.338. The number of nitrogens with zero attached hydrogens (tertiary/aromatic N) is 3. The molecule has 0 N–H and O–H groups in total. The van der Waals surface area contributed by atoms with Crippen molar-refractivity contribution in [3.63, 3.8) is 0 Å². The molecule has 0 saturated carbocycles. The Morgan fingerprint density at radius 3 is 2.62 bits per heavy atom. The van der Waals surface area contributed by atoms with Crippen molar-refractivity contribution in [1.82, 2.24) is 4.68 Å². The van der Waals surface area contributed by atoms with E-state index in [1.54, 1.807) is 60.5 Å². The highest BCUT2D eigenvalue weighted by Gasteiger charge is 2.11. The lowest BCUT2D eigenvalue weighted by atomic mass is 10.1. The molecule has 2 aromatic carbocycles. The lowest BCUT2D eigenvalue weighted by Crippen LogP contribution is -2.14. The molecule has 150 valence electrons. The van der Waals surface area contributed by atoms with Crippen molar-refractivity contribution in [1.29, 1.82) is 0 Å². The van der Waals surface area contributed by atoms with Gasteiger partial charge in [-0.3, -0.25) is 4.99 Å². The van der Waals surface area contributed by atoms with Gasteiger partial charge in [-0.2, -0.15) is 5.10 Å². The topological polar surface area (TPSA) is 65.2 Å². The molecule has 0 radical (unpaired) electrons. The van der Waals surface area contributed by atoms with Crippen LogP contribution in [0.5, 0.6) is 0 Å². The Bertz CT molecular complexity index is 1070. The van der Waals surface area contributed by atoms with Crippen molar-refractivity contribution >= 4 is 23.5 Å². The first kappa shape index (κ1) is 20.6. The summed E-state index contributed by atoms with van der Waals surface area (Å²) in [6, 6.07) is 13.4. The molecule has 0 aliphatic heterocycles. The molecule has 0 amide bonds. The van der Waals surface area contributed by atoms with Crippen molar-refractivity contribution in [2.24, 2.45) is 10.1 Å². The fourth-order valence-electron chi connectivity index (χ4n) is 2.55. The molecule has 0 aliphatic rings. The summed E-state index contributed by atoms with van der Waals surface area (Å²) < 4.78 is 25.7. The number of methoxy groups -OCH3 is 2. The van der Waals surface area contributed by atoms with Gasteiger partial charge in [0.25, 0.3) is 0 Å². The lowest BCUT2D eigenvalue weighted by molar-refractivity contribution is 0.0600. The molecule has 6 nitrogen and oxygen atoms in total. The molecule has 0 spiro atoms. The number of hydrogen-bond acceptors (Lipinski definition) is 6. The van der Waals surface area contributed by atoms with Crippen molar-refractivity contribution in [3.8, 4) is 11.3 Å². The zero-order chi connectivity index (χ0) is 20.6. The van der Waals surface area contributed by atoms with E-state index in [0.29, 0.717) is 34.8 Å². The van der Waals surface area contributed by atoms with Crippen LogP contribution in [0.3, 0.4) is 0 Å². The Hall–Kier alpha value is -3.10. The first-order valence-electron chi connectivity index (χ1n) is 8.81. The summed E-state index contributed by atoms with van der Waals surface area (Å²) in [5, 5.41) is 6.33. The highest BCUT2D eigenvalue weighted by molar-refractivity contribution is 7.07. The summed E-state index contributed by atoms with van der Waals surface area (Å²) >= 11 is 1.37. The van der Waals surface area contributed by atoms with E-state index in [1.165, 1.54) is 24.5 Å². The van der Waals surface area contributed by atoms with Gasteiger partial charge in [0.05, 0.1) is 37.7 Å². The van der Waals surface area contributed by atoms with Crippen LogP contribution < -0.4 is 4.80 Å². The number of ether oxygens (including phenoxy) is 2. The van der Waals surface area contributed by atoms with E-state index in [9.17, 15) is 9.18 Å². The number of thiazole rings is 1. The summed E-state index contributed by atoms with van der Waals surface area (Å²) in [5.41, 5.74) is 2.27. The minimum absolute atomic E-state index is 0.333. The fraction of sp³-hybridized carbons (Fsp3) is 0.190. The summed E-state index contributed by atoms with van der Waals surface area (Å²) in [6.07, 6.45) is 1.63. The predicted octanol–water partition coefficient (Wildman–Crippen LogP) is 3.57. The number of halogens is 1. The van der Waals surface area contributed by atoms with Crippen LogP contribution in [-0.4, -0.2) is 44.2 Å². The van der Waals surface area contributed by atoms with Crippen LogP contribution in [0.25, 0.3) is 11.3 Å². The van der Waals surface area contributed by atoms with Crippen LogP contribution in [0, 0.1) is 5.82 Å². The first-order valence-corrected chi connectivity index (χ1v) is 9.69. The molecular weight excluding hydrogens is 393 g/mol. The average molecular weight is 413 g/mol. The van der Waals surface area contributed by atoms with Crippen molar-refractivity contribution in [2.75, 3.05) is 27.4 Å². The van der Waals surface area contributed by atoms with Gasteiger partial charge >= 0.3 is 5.97 Å². The molecule has 3 rings (SSSR count). The predicted molar refractivity (Wildman–Crippen MR) is 111 cm³/mol. The molecule has 0 bridgehead atoms. The van der Waals surface area contributed by atoms with Gasteiger partial charge < -0.3 is 9.47 Å². The number of hydrogen-bond donors (Lipinski definition) is 0. The van der Waals surface area contributed by atoms with E-state index < -0.39 is 5.97 Å². The molecule has 1 aromatic heterocycles. The Kier molecular flexibility index (Phi) is 7.04. The van der Waals surface area contributed by atoms with Gasteiger partial charge in [0.2, 0.25) is 4.80 Å². The fourth-order valence-corrected chi connectivity index (χ4v) is 3.41. The molecule has 0 saturated heterocycles. The summed E-state index contributed by atoms with van der Waals surface area (Å²) in [7, 11) is 2.95. The summed E-state index contributed by atoms with van der Waals surface area (Å²) in [5.74, 6) is -0.734. The van der Waals surface area contributed by atoms with E-state index in [2.05, 4.69) is 10.1 Å². The van der Waals surface area contributed by atoms with Crippen LogP contribution in [-0.2, 0) is 9.47 Å². The molecule has 0 unspecified atom stereocenters. The molecule has 29 heavy (non-hydrogen) atoms. The molecule has 0 fully saturated rings. The Labute approximate surface area is 171 Å². The first-order chi connectivity index (χ1) is 14.1. The van der Waals surface area contributed by atoms with Gasteiger partial charge in [-0.15, -0.1) is 11.3 Å². The van der Waals surface area contributed by atoms with Gasteiger partial charge in [-0.1, -0.05) is 24.3 Å². The minimum Gasteiger partial charge on any atom is -0.465 e. The van der Waals surface area contributed by atoms with Crippen molar-refractivity contribution < 1.29 is 18.7 Å². The average Bonchev–Trinajstić information content (AvgIpc) is 3.15. The number of carbonyl (C=O) groups is 1. The van der Waals surface area contributed by atoms with E-state index in [4.69, 9.17) is 9.47 Å². The molecule has 8 heteroatoms. The minimum atomic E-state index is -0.401. The number of benzene rings is 2. The third kappa shape index (κ3) is 5.04. The largest absolute Gasteiger partial charge is 0.465 e. The second-order valence-corrected chi connectivity index (χ2v) is 6.76. The van der Waals surface area contributed by atoms with Crippen LogP contribution in [0.4, 0.5) is 4.39 Å². The van der Waals surface area contributed by atoms with E-state index in [1.807, 2.05) is 5.38 Å². The van der Waals surface area contributed by atoms with Crippen LogP contribution >= 0.6 is 11.3 Å². The summed E-state index contributed by atoms with van der Waals surface area (Å²) in [4.78, 5) is 16.7. The highest BCUT2D eigenvalue weighted by atomic mass is 32.1. The van der Waals surface area contributed by atoms with Gasteiger partial charge in [-0.05, 0) is 29.8 Å². The Balaban J connectivity index is 1.98. The number of esters is 1. The van der Waals surface area contributed by atoms with Crippen LogP contribution in [0.1, 0.15) is 15.9 Å². The van der Waals surface area contributed by atoms with Crippen molar-refractivity contribution in [3.05, 3.63) is 75.7 Å². The standard InChI is InChI=1S/C21H20FN3O3S/c1-27-12-11-23-21-25(19(14-29-21)17-5-3-4-6-18(17)22)24-13-15-7-9-16(10-8-15)20(26)28-2/h3-10,13-14H,11-12H2,1-2H3/b23-21?,24-13-. The van der Waals surface area contributed by atoms with Gasteiger partial charge in [0.1, 0.15) is 5.82 Å². The van der Waals surface area contributed by atoms with E-state index in [0.717, 1.165) is 5.56 Å². The molecule has 3 aromatic rings. The summed E-state index contributed by atoms with van der Waals surface area (Å²) in [6.45, 7) is 0.947. The van der Waals surface area contributed by atoms with Gasteiger partial charge in [0, 0.05) is 18.1 Å². The number of aromatic nitrogens is 1. The Morgan fingerprint density at radius 1 is 1.17 bits per heavy atom.